The van der Waals surface area contributed by atoms with Crippen LogP contribution in [0.25, 0.3) is 0 Å². The second-order valence-corrected chi connectivity index (χ2v) is 10.3. The number of allylic oxidation sites excluding steroid dienone is 2. The van der Waals surface area contributed by atoms with E-state index in [1.54, 1.807) is 9.80 Å². The fourth-order valence-electron chi connectivity index (χ4n) is 4.00. The van der Waals surface area contributed by atoms with E-state index in [0.29, 0.717) is 26.1 Å². The minimum absolute atomic E-state index is 0.105. The number of ether oxygens (including phenoxy) is 3. The van der Waals surface area contributed by atoms with Gasteiger partial charge in [0.05, 0.1) is 12.6 Å². The van der Waals surface area contributed by atoms with Crippen molar-refractivity contribution in [3.63, 3.8) is 0 Å². The number of hydrogen-bond donors (Lipinski definition) is 0. The molecule has 2 unspecified atom stereocenters. The van der Waals surface area contributed by atoms with Crippen molar-refractivity contribution < 1.29 is 28.6 Å². The highest BCUT2D eigenvalue weighted by Gasteiger charge is 2.38. The predicted octanol–water partition coefficient (Wildman–Crippen LogP) is 4.55. The maximum atomic E-state index is 13.1. The number of rotatable bonds is 7. The molecule has 0 aromatic carbocycles. The maximum absolute atomic E-state index is 13.1. The summed E-state index contributed by atoms with van der Waals surface area (Å²) in [5.74, 6) is -0.255. The molecular formula is C25H40N2O6. The molecule has 1 fully saturated rings. The second-order valence-electron chi connectivity index (χ2n) is 10.3. The average molecular weight is 465 g/mol. The Morgan fingerprint density at radius 1 is 1.15 bits per heavy atom. The summed E-state index contributed by atoms with van der Waals surface area (Å²) in [5.41, 5.74) is 0.360. The van der Waals surface area contributed by atoms with Crippen molar-refractivity contribution in [1.82, 2.24) is 9.80 Å². The van der Waals surface area contributed by atoms with Crippen LogP contribution < -0.4 is 0 Å². The summed E-state index contributed by atoms with van der Waals surface area (Å²) in [7, 11) is 0. The first kappa shape index (κ1) is 26.7. The van der Waals surface area contributed by atoms with Gasteiger partial charge in [-0.3, -0.25) is 4.79 Å². The van der Waals surface area contributed by atoms with Gasteiger partial charge in [0.25, 0.3) is 0 Å². The molecule has 2 atom stereocenters. The molecule has 1 aliphatic heterocycles. The van der Waals surface area contributed by atoms with Crippen molar-refractivity contribution in [2.45, 2.75) is 72.4 Å². The SMILES string of the molecule is CC(=O)OCC1CC(N(CC(C)C)C(=O)OCC2=CCCC=C2)CN(C(=O)OC(C)(C)C)C1. The summed E-state index contributed by atoms with van der Waals surface area (Å²) in [6, 6.07) is -0.266. The molecule has 1 heterocycles. The van der Waals surface area contributed by atoms with E-state index in [1.807, 2.05) is 40.7 Å². The molecule has 2 rings (SSSR count). The molecule has 0 aromatic rings. The highest BCUT2D eigenvalue weighted by atomic mass is 16.6. The third-order valence-electron chi connectivity index (χ3n) is 5.36. The molecule has 0 N–H and O–H groups in total. The van der Waals surface area contributed by atoms with E-state index in [1.165, 1.54) is 6.92 Å². The number of piperidine rings is 1. The van der Waals surface area contributed by atoms with Crippen molar-refractivity contribution in [3.05, 3.63) is 23.8 Å². The molecule has 0 spiro atoms. The van der Waals surface area contributed by atoms with Crippen LogP contribution >= 0.6 is 0 Å². The molecule has 0 bridgehead atoms. The Hall–Kier alpha value is -2.51. The number of esters is 1. The predicted molar refractivity (Wildman–Crippen MR) is 126 cm³/mol. The van der Waals surface area contributed by atoms with Crippen LogP contribution in [-0.4, -0.2) is 72.4 Å². The molecule has 0 saturated carbocycles. The van der Waals surface area contributed by atoms with Gasteiger partial charge in [0.1, 0.15) is 12.2 Å². The Morgan fingerprint density at radius 3 is 2.45 bits per heavy atom. The number of amides is 2. The summed E-state index contributed by atoms with van der Waals surface area (Å²) in [5, 5.41) is 0. The molecule has 0 aromatic heterocycles. The largest absolute Gasteiger partial charge is 0.466 e. The number of nitrogens with zero attached hydrogens (tertiary/aromatic N) is 2. The van der Waals surface area contributed by atoms with Crippen molar-refractivity contribution in [2.24, 2.45) is 11.8 Å². The molecule has 2 aliphatic rings. The molecule has 33 heavy (non-hydrogen) atoms. The van der Waals surface area contributed by atoms with Gasteiger partial charge in [-0.05, 0) is 51.5 Å². The first-order chi connectivity index (χ1) is 15.4. The summed E-state index contributed by atoms with van der Waals surface area (Å²) >= 11 is 0. The number of carbonyl (C=O) groups excluding carboxylic acids is 3. The van der Waals surface area contributed by atoms with E-state index >= 15 is 0 Å². The monoisotopic (exact) mass is 464 g/mol. The smallest absolute Gasteiger partial charge is 0.410 e. The van der Waals surface area contributed by atoms with Crippen LogP contribution in [0, 0.1) is 11.8 Å². The van der Waals surface area contributed by atoms with E-state index in [-0.39, 0.29) is 37.1 Å². The minimum Gasteiger partial charge on any atom is -0.466 e. The Labute approximate surface area is 197 Å². The Morgan fingerprint density at radius 2 is 1.88 bits per heavy atom. The van der Waals surface area contributed by atoms with Gasteiger partial charge < -0.3 is 24.0 Å². The highest BCUT2D eigenvalue weighted by molar-refractivity contribution is 5.70. The number of carbonyl (C=O) groups is 3. The lowest BCUT2D eigenvalue weighted by molar-refractivity contribution is -0.143. The topological polar surface area (TPSA) is 85.4 Å². The molecule has 1 aliphatic carbocycles. The van der Waals surface area contributed by atoms with Gasteiger partial charge in [-0.1, -0.05) is 32.1 Å². The van der Waals surface area contributed by atoms with Gasteiger partial charge in [-0.15, -0.1) is 0 Å². The average Bonchev–Trinajstić information content (AvgIpc) is 2.73. The quantitative estimate of drug-likeness (QED) is 0.406. The fraction of sp³-hybridized carbons (Fsp3) is 0.720. The van der Waals surface area contributed by atoms with Gasteiger partial charge in [-0.2, -0.15) is 0 Å². The summed E-state index contributed by atoms with van der Waals surface area (Å²) in [4.78, 5) is 40.7. The zero-order valence-corrected chi connectivity index (χ0v) is 21.0. The summed E-state index contributed by atoms with van der Waals surface area (Å²) in [6.07, 6.45) is 7.88. The van der Waals surface area contributed by atoms with E-state index < -0.39 is 17.8 Å². The molecule has 8 heteroatoms. The van der Waals surface area contributed by atoms with E-state index in [2.05, 4.69) is 12.2 Å². The molecule has 8 nitrogen and oxygen atoms in total. The molecule has 2 amide bonds. The van der Waals surface area contributed by atoms with Crippen LogP contribution in [0.15, 0.2) is 23.8 Å². The van der Waals surface area contributed by atoms with Crippen LogP contribution in [0.2, 0.25) is 0 Å². The first-order valence-corrected chi connectivity index (χ1v) is 11.8. The van der Waals surface area contributed by atoms with Gasteiger partial charge in [-0.25, -0.2) is 9.59 Å². The third-order valence-corrected chi connectivity index (χ3v) is 5.36. The van der Waals surface area contributed by atoms with Crippen molar-refractivity contribution in [3.8, 4) is 0 Å². The van der Waals surface area contributed by atoms with Crippen LogP contribution in [0.5, 0.6) is 0 Å². The molecule has 186 valence electrons. The van der Waals surface area contributed by atoms with Gasteiger partial charge >= 0.3 is 18.2 Å². The lowest BCUT2D eigenvalue weighted by atomic mass is 9.93. The van der Waals surface area contributed by atoms with Crippen molar-refractivity contribution >= 4 is 18.2 Å². The van der Waals surface area contributed by atoms with Crippen LogP contribution in [-0.2, 0) is 19.0 Å². The van der Waals surface area contributed by atoms with Gasteiger partial charge in [0.15, 0.2) is 0 Å². The van der Waals surface area contributed by atoms with E-state index in [9.17, 15) is 14.4 Å². The second kappa shape index (κ2) is 12.1. The van der Waals surface area contributed by atoms with Gasteiger partial charge in [0, 0.05) is 32.5 Å². The van der Waals surface area contributed by atoms with Crippen LogP contribution in [0.1, 0.15) is 60.8 Å². The van der Waals surface area contributed by atoms with Crippen molar-refractivity contribution in [1.29, 1.82) is 0 Å². The number of hydrogen-bond acceptors (Lipinski definition) is 6. The first-order valence-electron chi connectivity index (χ1n) is 11.8. The normalized spacial score (nSPS) is 20.8. The summed E-state index contributed by atoms with van der Waals surface area (Å²) < 4.78 is 16.5. The number of likely N-dealkylation sites (tertiary alicyclic amines) is 1. The molecule has 0 radical (unpaired) electrons. The fourth-order valence-corrected chi connectivity index (χ4v) is 4.00. The minimum atomic E-state index is -0.632. The van der Waals surface area contributed by atoms with Crippen molar-refractivity contribution in [2.75, 3.05) is 32.8 Å². The maximum Gasteiger partial charge on any atom is 0.410 e. The zero-order valence-electron chi connectivity index (χ0n) is 21.0. The highest BCUT2D eigenvalue weighted by Crippen LogP contribution is 2.25. The molecular weight excluding hydrogens is 424 g/mol. The third kappa shape index (κ3) is 9.48. The van der Waals surface area contributed by atoms with Crippen LogP contribution in [0.3, 0.4) is 0 Å². The Bertz CT molecular complexity index is 752. The van der Waals surface area contributed by atoms with Gasteiger partial charge in [0.2, 0.25) is 0 Å². The molecule has 1 saturated heterocycles. The summed E-state index contributed by atoms with van der Waals surface area (Å²) in [6.45, 7) is 12.6. The lowest BCUT2D eigenvalue weighted by Gasteiger charge is -2.42. The Balaban J connectivity index is 2.16. The van der Waals surface area contributed by atoms with E-state index in [4.69, 9.17) is 14.2 Å². The zero-order chi connectivity index (χ0) is 24.6. The standard InChI is InChI=1S/C25H40N2O6/c1-18(2)13-27(24(30)32-16-20-10-8-7-9-11-20)22-12-21(17-31-19(3)28)14-26(15-22)23(29)33-25(4,5)6/h8,10-11,18,21-22H,7,9,12-17H2,1-6H3. The van der Waals surface area contributed by atoms with Crippen LogP contribution in [0.4, 0.5) is 9.59 Å². The Kier molecular flexibility index (Phi) is 9.80. The van der Waals surface area contributed by atoms with E-state index in [0.717, 1.165) is 18.4 Å². The lowest BCUT2D eigenvalue weighted by Crippen LogP contribution is -2.56.